The molecule has 0 radical (unpaired) electrons. The molecule has 1 unspecified atom stereocenters. The standard InChI is InChI=1S/C16H25ClN2O/c1-12(2)8-18-9-13-3-4-16(15(17)7-13)19-6-5-14(10-19)11-20/h3-4,7,12,14,18,20H,5-6,8-11H2,1-2H3. The molecule has 112 valence electrons. The fraction of sp³-hybridized carbons (Fsp3) is 0.625. The maximum atomic E-state index is 9.22. The van der Waals surface area contributed by atoms with E-state index in [1.165, 1.54) is 5.56 Å². The number of halogens is 1. The Bertz CT molecular complexity index is 436. The zero-order valence-electron chi connectivity index (χ0n) is 12.4. The lowest BCUT2D eigenvalue weighted by Gasteiger charge is -2.20. The molecule has 2 rings (SSSR count). The SMILES string of the molecule is CC(C)CNCc1ccc(N2CCC(CO)C2)c(Cl)c1. The number of benzene rings is 1. The van der Waals surface area contributed by atoms with Gasteiger partial charge in [0.25, 0.3) is 0 Å². The molecule has 3 nitrogen and oxygen atoms in total. The maximum Gasteiger partial charge on any atom is 0.0642 e. The van der Waals surface area contributed by atoms with Gasteiger partial charge in [-0.05, 0) is 36.6 Å². The fourth-order valence-electron chi connectivity index (χ4n) is 2.62. The minimum atomic E-state index is 0.269. The second-order valence-corrected chi connectivity index (χ2v) is 6.50. The molecule has 1 aliphatic heterocycles. The van der Waals surface area contributed by atoms with Crippen molar-refractivity contribution in [1.29, 1.82) is 0 Å². The number of nitrogens with one attached hydrogen (secondary N) is 1. The zero-order valence-corrected chi connectivity index (χ0v) is 13.2. The highest BCUT2D eigenvalue weighted by Gasteiger charge is 2.23. The molecule has 0 aromatic heterocycles. The summed E-state index contributed by atoms with van der Waals surface area (Å²) in [5.41, 5.74) is 2.31. The number of aliphatic hydroxyl groups excluding tert-OH is 1. The van der Waals surface area contributed by atoms with Gasteiger partial charge in [-0.1, -0.05) is 31.5 Å². The Morgan fingerprint density at radius 3 is 2.85 bits per heavy atom. The molecule has 0 aliphatic carbocycles. The van der Waals surface area contributed by atoms with Gasteiger partial charge in [0.15, 0.2) is 0 Å². The predicted molar refractivity (Wildman–Crippen MR) is 85.4 cm³/mol. The quantitative estimate of drug-likeness (QED) is 0.847. The van der Waals surface area contributed by atoms with Crippen LogP contribution in [-0.4, -0.2) is 31.3 Å². The van der Waals surface area contributed by atoms with Crippen molar-refractivity contribution in [1.82, 2.24) is 5.32 Å². The number of aliphatic hydroxyl groups is 1. The van der Waals surface area contributed by atoms with Crippen LogP contribution in [0, 0.1) is 11.8 Å². The molecule has 0 amide bonds. The van der Waals surface area contributed by atoms with Crippen molar-refractivity contribution in [3.8, 4) is 0 Å². The van der Waals surface area contributed by atoms with Gasteiger partial charge in [0.05, 0.1) is 10.7 Å². The molecule has 0 bridgehead atoms. The third-order valence-electron chi connectivity index (χ3n) is 3.78. The van der Waals surface area contributed by atoms with Crippen LogP contribution in [0.1, 0.15) is 25.8 Å². The third kappa shape index (κ3) is 4.11. The van der Waals surface area contributed by atoms with Crippen LogP contribution in [0.15, 0.2) is 18.2 Å². The van der Waals surface area contributed by atoms with Gasteiger partial charge in [0, 0.05) is 32.2 Å². The van der Waals surface area contributed by atoms with Gasteiger partial charge in [-0.2, -0.15) is 0 Å². The molecule has 1 fully saturated rings. The molecule has 20 heavy (non-hydrogen) atoms. The molecule has 2 N–H and O–H groups in total. The molecule has 1 heterocycles. The van der Waals surface area contributed by atoms with E-state index in [0.717, 1.165) is 43.3 Å². The van der Waals surface area contributed by atoms with Crippen molar-refractivity contribution in [2.24, 2.45) is 11.8 Å². The summed E-state index contributed by atoms with van der Waals surface area (Å²) in [6.45, 7) is 8.44. The van der Waals surface area contributed by atoms with E-state index in [2.05, 4.69) is 42.3 Å². The Morgan fingerprint density at radius 1 is 1.45 bits per heavy atom. The number of nitrogens with zero attached hydrogens (tertiary/aromatic N) is 1. The van der Waals surface area contributed by atoms with Gasteiger partial charge in [0.1, 0.15) is 0 Å². The number of anilines is 1. The summed E-state index contributed by atoms with van der Waals surface area (Å²) in [4.78, 5) is 2.27. The van der Waals surface area contributed by atoms with E-state index >= 15 is 0 Å². The highest BCUT2D eigenvalue weighted by Crippen LogP contribution is 2.31. The van der Waals surface area contributed by atoms with Gasteiger partial charge >= 0.3 is 0 Å². The van der Waals surface area contributed by atoms with Crippen LogP contribution >= 0.6 is 11.6 Å². The first-order valence-electron chi connectivity index (χ1n) is 7.45. The zero-order chi connectivity index (χ0) is 14.5. The highest BCUT2D eigenvalue weighted by atomic mass is 35.5. The van der Waals surface area contributed by atoms with E-state index in [-0.39, 0.29) is 6.61 Å². The Labute approximate surface area is 126 Å². The summed E-state index contributed by atoms with van der Waals surface area (Å²) in [6, 6.07) is 6.30. The molecule has 1 aromatic rings. The van der Waals surface area contributed by atoms with E-state index in [1.807, 2.05) is 0 Å². The summed E-state index contributed by atoms with van der Waals surface area (Å²) in [5.74, 6) is 1.04. The lowest BCUT2D eigenvalue weighted by Crippen LogP contribution is -2.21. The van der Waals surface area contributed by atoms with Gasteiger partial charge in [0.2, 0.25) is 0 Å². The van der Waals surface area contributed by atoms with Gasteiger partial charge < -0.3 is 15.3 Å². The second-order valence-electron chi connectivity index (χ2n) is 6.09. The van der Waals surface area contributed by atoms with Crippen molar-refractivity contribution in [2.45, 2.75) is 26.8 Å². The minimum absolute atomic E-state index is 0.269. The first-order chi connectivity index (χ1) is 9.60. The molecule has 1 saturated heterocycles. The lowest BCUT2D eigenvalue weighted by atomic mass is 10.1. The van der Waals surface area contributed by atoms with E-state index in [1.54, 1.807) is 0 Å². The predicted octanol–water partition coefficient (Wildman–Crippen LogP) is 2.90. The summed E-state index contributed by atoms with van der Waals surface area (Å²) >= 11 is 6.41. The van der Waals surface area contributed by atoms with Crippen molar-refractivity contribution in [3.05, 3.63) is 28.8 Å². The van der Waals surface area contributed by atoms with E-state index in [9.17, 15) is 5.11 Å². The van der Waals surface area contributed by atoms with Crippen LogP contribution in [-0.2, 0) is 6.54 Å². The maximum absolute atomic E-state index is 9.22. The normalized spacial score (nSPS) is 19.1. The first-order valence-corrected chi connectivity index (χ1v) is 7.83. The molecule has 0 spiro atoms. The van der Waals surface area contributed by atoms with E-state index in [0.29, 0.717) is 11.8 Å². The molecule has 1 aromatic carbocycles. The molecular formula is C16H25ClN2O. The lowest BCUT2D eigenvalue weighted by molar-refractivity contribution is 0.238. The van der Waals surface area contributed by atoms with Crippen LogP contribution in [0.5, 0.6) is 0 Å². The van der Waals surface area contributed by atoms with Crippen molar-refractivity contribution in [2.75, 3.05) is 31.1 Å². The Kier molecular flexibility index (Phi) is 5.70. The number of rotatable bonds is 6. The molecule has 1 atom stereocenters. The fourth-order valence-corrected chi connectivity index (χ4v) is 2.95. The Morgan fingerprint density at radius 2 is 2.25 bits per heavy atom. The summed E-state index contributed by atoms with van der Waals surface area (Å²) < 4.78 is 0. The largest absolute Gasteiger partial charge is 0.396 e. The Hall–Kier alpha value is -0.770. The smallest absolute Gasteiger partial charge is 0.0642 e. The number of hydrogen-bond acceptors (Lipinski definition) is 3. The summed E-state index contributed by atoms with van der Waals surface area (Å²) in [6.07, 6.45) is 1.05. The molecule has 0 saturated carbocycles. The first kappa shape index (κ1) is 15.6. The Balaban J connectivity index is 1.96. The summed E-state index contributed by atoms with van der Waals surface area (Å²) in [5, 5.41) is 13.5. The number of hydrogen-bond donors (Lipinski definition) is 2. The van der Waals surface area contributed by atoms with Gasteiger partial charge in [-0.15, -0.1) is 0 Å². The molecular weight excluding hydrogens is 272 g/mol. The summed E-state index contributed by atoms with van der Waals surface area (Å²) in [7, 11) is 0. The highest BCUT2D eigenvalue weighted by molar-refractivity contribution is 6.33. The van der Waals surface area contributed by atoms with Crippen LogP contribution in [0.3, 0.4) is 0 Å². The topological polar surface area (TPSA) is 35.5 Å². The van der Waals surface area contributed by atoms with Crippen LogP contribution in [0.25, 0.3) is 0 Å². The van der Waals surface area contributed by atoms with Crippen LogP contribution in [0.4, 0.5) is 5.69 Å². The van der Waals surface area contributed by atoms with Crippen molar-refractivity contribution < 1.29 is 5.11 Å². The van der Waals surface area contributed by atoms with Crippen molar-refractivity contribution >= 4 is 17.3 Å². The monoisotopic (exact) mass is 296 g/mol. The van der Waals surface area contributed by atoms with E-state index < -0.39 is 0 Å². The van der Waals surface area contributed by atoms with Crippen LogP contribution in [0.2, 0.25) is 5.02 Å². The minimum Gasteiger partial charge on any atom is -0.396 e. The molecule has 1 aliphatic rings. The molecule has 4 heteroatoms. The van der Waals surface area contributed by atoms with E-state index in [4.69, 9.17) is 11.6 Å². The van der Waals surface area contributed by atoms with Crippen LogP contribution < -0.4 is 10.2 Å². The van der Waals surface area contributed by atoms with Gasteiger partial charge in [-0.3, -0.25) is 0 Å². The van der Waals surface area contributed by atoms with Crippen molar-refractivity contribution in [3.63, 3.8) is 0 Å². The average Bonchev–Trinajstić information content (AvgIpc) is 2.87. The third-order valence-corrected chi connectivity index (χ3v) is 4.08. The van der Waals surface area contributed by atoms with Gasteiger partial charge in [-0.25, -0.2) is 0 Å². The second kappa shape index (κ2) is 7.30. The average molecular weight is 297 g/mol.